The highest BCUT2D eigenvalue weighted by Gasteiger charge is 2.44. The fourth-order valence-corrected chi connectivity index (χ4v) is 5.87. The van der Waals surface area contributed by atoms with Crippen molar-refractivity contribution in [3.63, 3.8) is 0 Å². The largest absolute Gasteiger partial charge is 0.496 e. The second-order valence-electron chi connectivity index (χ2n) is 11.8. The van der Waals surface area contributed by atoms with Gasteiger partial charge >= 0.3 is 18.3 Å². The van der Waals surface area contributed by atoms with Gasteiger partial charge in [0, 0.05) is 29.4 Å². The number of ketones is 1. The third-order valence-electron chi connectivity index (χ3n) is 8.17. The van der Waals surface area contributed by atoms with Gasteiger partial charge in [0.2, 0.25) is 11.8 Å². The molecule has 17 heteroatoms. The normalized spacial score (nSPS) is 15.7. The quantitative estimate of drug-likeness (QED) is 0.179. The molecule has 0 radical (unpaired) electrons. The van der Waals surface area contributed by atoms with Crippen molar-refractivity contribution in [2.75, 3.05) is 26.8 Å². The van der Waals surface area contributed by atoms with Crippen molar-refractivity contribution in [1.29, 1.82) is 0 Å². The van der Waals surface area contributed by atoms with E-state index in [2.05, 4.69) is 15.6 Å². The molecule has 1 aromatic heterocycles. The highest BCUT2D eigenvalue weighted by Crippen LogP contribution is 2.39. The average molecular weight is 713 g/mol. The van der Waals surface area contributed by atoms with Crippen LogP contribution in [0.4, 0.5) is 26.3 Å². The summed E-state index contributed by atoms with van der Waals surface area (Å²) in [5.74, 6) is -5.36. The molecule has 1 unspecified atom stereocenters. The Morgan fingerprint density at radius 1 is 1.00 bits per heavy atom. The lowest BCUT2D eigenvalue weighted by Crippen LogP contribution is -2.54. The SMILES string of the molecule is COc1cccc2[nH]c(C(=O)NCC(=O)N(C(C)C)C(C[C@@H]3CCCNC3=O)C(=O)COC(=O)c3c(C(F)(F)F)cccc3C(F)(F)F)cc12. The summed E-state index contributed by atoms with van der Waals surface area (Å²) < 4.78 is 91.9. The first-order valence-corrected chi connectivity index (χ1v) is 15.4. The number of alkyl halides is 6. The number of Topliss-reactive ketones (excluding diaryl/α,β-unsaturated/α-hetero) is 1. The molecule has 11 nitrogen and oxygen atoms in total. The molecule has 2 heterocycles. The molecule has 4 rings (SSSR count). The van der Waals surface area contributed by atoms with Crippen LogP contribution < -0.4 is 15.4 Å². The van der Waals surface area contributed by atoms with Crippen LogP contribution in [0.1, 0.15) is 65.1 Å². The van der Waals surface area contributed by atoms with Crippen molar-refractivity contribution in [3.05, 3.63) is 64.8 Å². The molecule has 2 atom stereocenters. The monoisotopic (exact) mass is 712 g/mol. The number of carbonyl (C=O) groups is 5. The van der Waals surface area contributed by atoms with Gasteiger partial charge in [0.05, 0.1) is 36.4 Å². The topological polar surface area (TPSA) is 147 Å². The molecule has 0 aliphatic carbocycles. The number of esters is 1. The van der Waals surface area contributed by atoms with Gasteiger partial charge in [-0.1, -0.05) is 12.1 Å². The van der Waals surface area contributed by atoms with E-state index in [4.69, 9.17) is 9.47 Å². The number of ether oxygens (including phenoxy) is 2. The summed E-state index contributed by atoms with van der Waals surface area (Å²) in [5, 5.41) is 5.70. The first-order chi connectivity index (χ1) is 23.4. The lowest BCUT2D eigenvalue weighted by molar-refractivity contribution is -0.145. The summed E-state index contributed by atoms with van der Waals surface area (Å²) in [5.41, 5.74) is -4.98. The van der Waals surface area contributed by atoms with Crippen LogP contribution in [0.5, 0.6) is 5.75 Å². The number of piperidine rings is 1. The molecule has 3 amide bonds. The minimum absolute atomic E-state index is 0.0872. The van der Waals surface area contributed by atoms with Gasteiger partial charge in [0.15, 0.2) is 12.4 Å². The standard InChI is InChI=1S/C33H34F6N4O7/c1-17(2)43(27(45)15-41-30(47)23-14-19-22(42-23)10-5-11-26(19)49-3)24(13-18-7-6-12-40-29(18)46)25(44)16-50-31(48)28-20(32(34,35)36)8-4-9-21(28)33(37,38)39/h4-5,8-11,14,17-18,24,42H,6-7,12-13,15-16H2,1-3H3,(H,40,46)(H,41,47)/t18-,24?/m0/s1. The maximum atomic E-state index is 13.6. The Labute approximate surface area is 281 Å². The third-order valence-corrected chi connectivity index (χ3v) is 8.17. The van der Waals surface area contributed by atoms with Gasteiger partial charge in [-0.15, -0.1) is 0 Å². The number of hydrogen-bond acceptors (Lipinski definition) is 7. The Morgan fingerprint density at radius 2 is 1.64 bits per heavy atom. The smallest absolute Gasteiger partial charge is 0.417 e. The van der Waals surface area contributed by atoms with Gasteiger partial charge in [-0.25, -0.2) is 4.79 Å². The number of benzene rings is 2. The van der Waals surface area contributed by atoms with Gasteiger partial charge in [-0.2, -0.15) is 26.3 Å². The van der Waals surface area contributed by atoms with E-state index in [1.807, 2.05) is 0 Å². The highest BCUT2D eigenvalue weighted by atomic mass is 19.4. The summed E-state index contributed by atoms with van der Waals surface area (Å²) in [6.07, 6.45) is -10.2. The fraction of sp³-hybridized carbons (Fsp3) is 0.424. The molecular weight excluding hydrogens is 678 g/mol. The molecule has 50 heavy (non-hydrogen) atoms. The van der Waals surface area contributed by atoms with Crippen LogP contribution >= 0.6 is 0 Å². The van der Waals surface area contributed by atoms with E-state index in [9.17, 15) is 50.3 Å². The first-order valence-electron chi connectivity index (χ1n) is 15.4. The number of rotatable bonds is 12. The molecule has 1 aliphatic rings. The van der Waals surface area contributed by atoms with E-state index >= 15 is 0 Å². The van der Waals surface area contributed by atoms with Crippen LogP contribution in [0.15, 0.2) is 42.5 Å². The molecule has 2 aromatic carbocycles. The average Bonchev–Trinajstić information content (AvgIpc) is 3.50. The minimum atomic E-state index is -5.37. The molecule has 1 aliphatic heterocycles. The number of methoxy groups -OCH3 is 1. The summed E-state index contributed by atoms with van der Waals surface area (Å²) >= 11 is 0. The maximum Gasteiger partial charge on any atom is 0.417 e. The van der Waals surface area contributed by atoms with Gasteiger partial charge < -0.3 is 30.0 Å². The number of aromatic nitrogens is 1. The zero-order chi connectivity index (χ0) is 37.0. The van der Waals surface area contributed by atoms with E-state index in [-0.39, 0.29) is 24.2 Å². The molecule has 0 saturated carbocycles. The van der Waals surface area contributed by atoms with Gasteiger partial charge in [-0.3, -0.25) is 19.2 Å². The van der Waals surface area contributed by atoms with E-state index < -0.39 is 89.7 Å². The molecule has 1 fully saturated rings. The van der Waals surface area contributed by atoms with E-state index in [0.29, 0.717) is 42.1 Å². The number of hydrogen-bond donors (Lipinski definition) is 3. The fourth-order valence-electron chi connectivity index (χ4n) is 5.87. The number of nitrogens with zero attached hydrogens (tertiary/aromatic N) is 1. The van der Waals surface area contributed by atoms with Gasteiger partial charge in [-0.05, 0) is 63.4 Å². The minimum Gasteiger partial charge on any atom is -0.496 e. The van der Waals surface area contributed by atoms with Crippen molar-refractivity contribution in [2.45, 2.75) is 57.5 Å². The van der Waals surface area contributed by atoms with Crippen LogP contribution in [0.25, 0.3) is 10.9 Å². The third kappa shape index (κ3) is 8.55. The Hall–Kier alpha value is -5.09. The lowest BCUT2D eigenvalue weighted by Gasteiger charge is -2.36. The number of aromatic amines is 1. The number of nitrogens with one attached hydrogen (secondary N) is 3. The Kier molecular flexibility index (Phi) is 11.5. The predicted molar refractivity (Wildman–Crippen MR) is 165 cm³/mol. The molecule has 3 aromatic rings. The zero-order valence-corrected chi connectivity index (χ0v) is 27.1. The molecular formula is C33H34F6N4O7. The number of H-pyrrole nitrogens is 1. The van der Waals surface area contributed by atoms with Crippen molar-refractivity contribution >= 4 is 40.4 Å². The predicted octanol–water partition coefficient (Wildman–Crippen LogP) is 4.89. The first kappa shape index (κ1) is 37.7. The van der Waals surface area contributed by atoms with Crippen molar-refractivity contribution in [3.8, 4) is 5.75 Å². The summed E-state index contributed by atoms with van der Waals surface area (Å²) in [6.45, 7) is 1.45. The molecule has 1 saturated heterocycles. The van der Waals surface area contributed by atoms with Crippen LogP contribution in [-0.2, 0) is 31.5 Å². The van der Waals surface area contributed by atoms with Crippen molar-refractivity contribution < 1.29 is 59.8 Å². The summed E-state index contributed by atoms with van der Waals surface area (Å²) in [4.78, 5) is 69.6. The van der Waals surface area contributed by atoms with E-state index in [0.717, 1.165) is 4.90 Å². The summed E-state index contributed by atoms with van der Waals surface area (Å²) in [7, 11) is 1.46. The van der Waals surface area contributed by atoms with Crippen molar-refractivity contribution in [1.82, 2.24) is 20.5 Å². The van der Waals surface area contributed by atoms with Crippen molar-refractivity contribution in [2.24, 2.45) is 5.92 Å². The lowest BCUT2D eigenvalue weighted by atomic mass is 9.89. The molecule has 0 bridgehead atoms. The molecule has 0 spiro atoms. The van der Waals surface area contributed by atoms with Gasteiger partial charge in [0.1, 0.15) is 11.4 Å². The Bertz CT molecular complexity index is 1740. The Balaban J connectivity index is 1.58. The highest BCUT2D eigenvalue weighted by molar-refractivity contribution is 6.01. The maximum absolute atomic E-state index is 13.6. The Morgan fingerprint density at radius 3 is 2.22 bits per heavy atom. The second kappa shape index (κ2) is 15.2. The second-order valence-corrected chi connectivity index (χ2v) is 11.8. The number of amides is 3. The van der Waals surface area contributed by atoms with Crippen LogP contribution in [0, 0.1) is 5.92 Å². The number of carbonyl (C=O) groups excluding carboxylic acids is 5. The van der Waals surface area contributed by atoms with E-state index in [1.165, 1.54) is 27.0 Å². The van der Waals surface area contributed by atoms with Gasteiger partial charge in [0.25, 0.3) is 5.91 Å². The van der Waals surface area contributed by atoms with E-state index in [1.54, 1.807) is 18.2 Å². The van der Waals surface area contributed by atoms with Crippen LogP contribution in [0.3, 0.4) is 0 Å². The van der Waals surface area contributed by atoms with Crippen LogP contribution in [0.2, 0.25) is 0 Å². The number of fused-ring (bicyclic) bond motifs is 1. The number of halogens is 6. The molecule has 3 N–H and O–H groups in total. The summed E-state index contributed by atoms with van der Waals surface area (Å²) in [6, 6.07) is 5.36. The molecule has 270 valence electrons. The van der Waals surface area contributed by atoms with Crippen LogP contribution in [-0.4, -0.2) is 78.2 Å². The zero-order valence-electron chi connectivity index (χ0n) is 27.1.